The highest BCUT2D eigenvalue weighted by Crippen LogP contribution is 2.19. The van der Waals surface area contributed by atoms with Gasteiger partial charge < -0.3 is 10.5 Å². The Morgan fingerprint density at radius 1 is 1.32 bits per heavy atom. The van der Waals surface area contributed by atoms with E-state index in [-0.39, 0.29) is 12.1 Å². The lowest BCUT2D eigenvalue weighted by molar-refractivity contribution is 0.0319. The Morgan fingerprint density at radius 2 is 2.05 bits per heavy atom. The molecule has 0 saturated heterocycles. The minimum Gasteiger partial charge on any atom is -0.459 e. The smallest absolute Gasteiger partial charge is 0.338 e. The lowest BCUT2D eigenvalue weighted by Crippen LogP contribution is -2.15. The monoisotopic (exact) mass is 327 g/mol. The van der Waals surface area contributed by atoms with Gasteiger partial charge in [0.1, 0.15) is 0 Å². The Morgan fingerprint density at radius 3 is 2.68 bits per heavy atom. The van der Waals surface area contributed by atoms with E-state index in [1.165, 1.54) is 19.3 Å². The topological polar surface area (TPSA) is 52.3 Å². The molecule has 0 aliphatic rings. The van der Waals surface area contributed by atoms with Crippen LogP contribution in [0.1, 0.15) is 56.3 Å². The van der Waals surface area contributed by atoms with Crippen molar-refractivity contribution in [3.63, 3.8) is 0 Å². The summed E-state index contributed by atoms with van der Waals surface area (Å²) in [6, 6.07) is 5.12. The summed E-state index contributed by atoms with van der Waals surface area (Å²) < 4.78 is 6.20. The van der Waals surface area contributed by atoms with Crippen LogP contribution in [0.25, 0.3) is 0 Å². The van der Waals surface area contributed by atoms with Crippen LogP contribution in [-0.4, -0.2) is 12.1 Å². The summed E-state index contributed by atoms with van der Waals surface area (Å²) in [5.41, 5.74) is 6.75. The molecule has 1 aromatic carbocycles. The van der Waals surface area contributed by atoms with E-state index < -0.39 is 0 Å². The molecule has 4 heteroatoms. The number of carbonyl (C=O) groups is 1. The van der Waals surface area contributed by atoms with Gasteiger partial charge in [0.05, 0.1) is 11.7 Å². The first-order chi connectivity index (χ1) is 9.02. The number of nitrogen functional groups attached to an aromatic ring is 1. The number of unbranched alkanes of at least 4 members (excludes halogenated alkanes) is 3. The largest absolute Gasteiger partial charge is 0.459 e. The maximum atomic E-state index is 11.9. The maximum absolute atomic E-state index is 11.9. The average molecular weight is 328 g/mol. The highest BCUT2D eigenvalue weighted by atomic mass is 79.9. The van der Waals surface area contributed by atoms with E-state index in [4.69, 9.17) is 10.5 Å². The Balaban J connectivity index is 2.45. The van der Waals surface area contributed by atoms with Crippen LogP contribution in [0, 0.1) is 0 Å². The standard InChI is InChI=1S/C15H22BrNO2/c1-3-4-5-6-7-11(2)19-15(18)12-8-13(16)10-14(17)9-12/h8-11H,3-7,17H2,1-2H3. The number of hydrogen-bond acceptors (Lipinski definition) is 3. The van der Waals surface area contributed by atoms with Gasteiger partial charge in [-0.1, -0.05) is 42.1 Å². The van der Waals surface area contributed by atoms with Gasteiger partial charge in [0, 0.05) is 10.2 Å². The number of benzene rings is 1. The second-order valence-corrected chi connectivity index (χ2v) is 5.75. The SMILES string of the molecule is CCCCCCC(C)OC(=O)c1cc(N)cc(Br)c1. The molecular formula is C15H22BrNO2. The van der Waals surface area contributed by atoms with Crippen molar-refractivity contribution in [2.75, 3.05) is 5.73 Å². The third-order valence-electron chi connectivity index (χ3n) is 2.93. The third kappa shape index (κ3) is 6.10. The van der Waals surface area contributed by atoms with Crippen molar-refractivity contribution in [3.05, 3.63) is 28.2 Å². The van der Waals surface area contributed by atoms with Crippen LogP contribution in [0.5, 0.6) is 0 Å². The number of hydrogen-bond donors (Lipinski definition) is 1. The van der Waals surface area contributed by atoms with Gasteiger partial charge in [-0.25, -0.2) is 4.79 Å². The van der Waals surface area contributed by atoms with Crippen LogP contribution in [0.15, 0.2) is 22.7 Å². The molecule has 3 nitrogen and oxygen atoms in total. The van der Waals surface area contributed by atoms with Crippen molar-refractivity contribution in [3.8, 4) is 0 Å². The molecule has 0 radical (unpaired) electrons. The van der Waals surface area contributed by atoms with Crippen molar-refractivity contribution in [2.45, 2.75) is 52.1 Å². The van der Waals surface area contributed by atoms with E-state index >= 15 is 0 Å². The van der Waals surface area contributed by atoms with E-state index in [9.17, 15) is 4.79 Å². The van der Waals surface area contributed by atoms with Crippen molar-refractivity contribution >= 4 is 27.6 Å². The molecule has 0 amide bonds. The number of nitrogens with two attached hydrogens (primary N) is 1. The van der Waals surface area contributed by atoms with Crippen molar-refractivity contribution in [1.29, 1.82) is 0 Å². The lowest BCUT2D eigenvalue weighted by atomic mass is 10.1. The van der Waals surface area contributed by atoms with Gasteiger partial charge in [-0.15, -0.1) is 0 Å². The molecule has 1 aromatic rings. The van der Waals surface area contributed by atoms with Crippen molar-refractivity contribution < 1.29 is 9.53 Å². The van der Waals surface area contributed by atoms with E-state index in [0.29, 0.717) is 11.3 Å². The fraction of sp³-hybridized carbons (Fsp3) is 0.533. The van der Waals surface area contributed by atoms with Crippen LogP contribution < -0.4 is 5.73 Å². The average Bonchev–Trinajstić information content (AvgIpc) is 2.33. The Hall–Kier alpha value is -1.03. The number of anilines is 1. The summed E-state index contributed by atoms with van der Waals surface area (Å²) in [7, 11) is 0. The highest BCUT2D eigenvalue weighted by molar-refractivity contribution is 9.10. The second-order valence-electron chi connectivity index (χ2n) is 4.84. The quantitative estimate of drug-likeness (QED) is 0.454. The number of halogens is 1. The maximum Gasteiger partial charge on any atom is 0.338 e. The summed E-state index contributed by atoms with van der Waals surface area (Å²) in [6.45, 7) is 4.12. The van der Waals surface area contributed by atoms with Crippen LogP contribution in [0.3, 0.4) is 0 Å². The summed E-state index contributed by atoms with van der Waals surface area (Å²) >= 11 is 3.32. The fourth-order valence-corrected chi connectivity index (χ4v) is 2.41. The summed E-state index contributed by atoms with van der Waals surface area (Å²) in [5.74, 6) is -0.309. The van der Waals surface area contributed by atoms with Gasteiger partial charge in [0.15, 0.2) is 0 Å². The van der Waals surface area contributed by atoms with Crippen molar-refractivity contribution in [2.24, 2.45) is 0 Å². The number of rotatable bonds is 7. The lowest BCUT2D eigenvalue weighted by Gasteiger charge is -2.13. The first kappa shape index (κ1) is 16.0. The number of carbonyl (C=O) groups excluding carboxylic acids is 1. The molecule has 1 atom stereocenters. The van der Waals surface area contributed by atoms with Crippen LogP contribution in [0.4, 0.5) is 5.69 Å². The molecule has 0 aliphatic carbocycles. The summed E-state index contributed by atoms with van der Waals surface area (Å²) in [4.78, 5) is 11.9. The normalized spacial score (nSPS) is 12.2. The minimum absolute atomic E-state index is 0.0513. The molecule has 0 saturated carbocycles. The third-order valence-corrected chi connectivity index (χ3v) is 3.39. The zero-order valence-corrected chi connectivity index (χ0v) is 13.2. The predicted molar refractivity (Wildman–Crippen MR) is 82.2 cm³/mol. The molecule has 2 N–H and O–H groups in total. The summed E-state index contributed by atoms with van der Waals surface area (Å²) in [5, 5.41) is 0. The summed E-state index contributed by atoms with van der Waals surface area (Å²) in [6.07, 6.45) is 5.61. The first-order valence-corrected chi connectivity index (χ1v) is 7.59. The Labute approximate surface area is 123 Å². The number of ether oxygens (including phenoxy) is 1. The zero-order valence-electron chi connectivity index (χ0n) is 11.6. The highest BCUT2D eigenvalue weighted by Gasteiger charge is 2.12. The van der Waals surface area contributed by atoms with Crippen molar-refractivity contribution in [1.82, 2.24) is 0 Å². The molecule has 0 aliphatic heterocycles. The molecule has 19 heavy (non-hydrogen) atoms. The molecule has 0 fully saturated rings. The molecule has 1 rings (SSSR count). The molecule has 0 aromatic heterocycles. The molecule has 0 spiro atoms. The van der Waals surface area contributed by atoms with Crippen LogP contribution in [0.2, 0.25) is 0 Å². The van der Waals surface area contributed by atoms with Gasteiger partial charge in [-0.2, -0.15) is 0 Å². The minimum atomic E-state index is -0.309. The van der Waals surface area contributed by atoms with E-state index in [1.54, 1.807) is 18.2 Å². The van der Waals surface area contributed by atoms with Crippen LogP contribution in [-0.2, 0) is 4.74 Å². The predicted octanol–water partition coefficient (Wildman–Crippen LogP) is 4.55. The molecule has 1 unspecified atom stereocenters. The molecular weight excluding hydrogens is 306 g/mol. The van der Waals surface area contributed by atoms with E-state index in [1.807, 2.05) is 6.92 Å². The molecule has 0 bridgehead atoms. The second kappa shape index (κ2) is 8.20. The van der Waals surface area contributed by atoms with Crippen LogP contribution >= 0.6 is 15.9 Å². The molecule has 0 heterocycles. The number of esters is 1. The first-order valence-electron chi connectivity index (χ1n) is 6.80. The van der Waals surface area contributed by atoms with Gasteiger partial charge in [0.2, 0.25) is 0 Å². The Kier molecular flexibility index (Phi) is 6.92. The fourth-order valence-electron chi connectivity index (χ4n) is 1.90. The van der Waals surface area contributed by atoms with Gasteiger partial charge in [-0.3, -0.25) is 0 Å². The van der Waals surface area contributed by atoms with E-state index in [0.717, 1.165) is 17.3 Å². The van der Waals surface area contributed by atoms with E-state index in [2.05, 4.69) is 22.9 Å². The Bertz CT molecular complexity index is 400. The van der Waals surface area contributed by atoms with Gasteiger partial charge in [0.25, 0.3) is 0 Å². The zero-order chi connectivity index (χ0) is 14.3. The molecule has 106 valence electrons. The van der Waals surface area contributed by atoms with Gasteiger partial charge >= 0.3 is 5.97 Å². The van der Waals surface area contributed by atoms with Gasteiger partial charge in [-0.05, 0) is 38.0 Å².